The third kappa shape index (κ3) is 2.63. The lowest BCUT2D eigenvalue weighted by Crippen LogP contribution is -2.50. The molecule has 2 aromatic carbocycles. The van der Waals surface area contributed by atoms with E-state index in [9.17, 15) is 5.11 Å². The van der Waals surface area contributed by atoms with Crippen LogP contribution >= 0.6 is 0 Å². The zero-order valence-electron chi connectivity index (χ0n) is 13.1. The molecule has 3 nitrogen and oxygen atoms in total. The van der Waals surface area contributed by atoms with Crippen molar-refractivity contribution in [1.29, 1.82) is 0 Å². The molecule has 3 rings (SSSR count). The van der Waals surface area contributed by atoms with E-state index >= 15 is 0 Å². The molecular formula is C18H24N2O. The van der Waals surface area contributed by atoms with Crippen LogP contribution in [0.2, 0.25) is 0 Å². The molecule has 0 saturated carbocycles. The van der Waals surface area contributed by atoms with Crippen LogP contribution in [0.3, 0.4) is 0 Å². The maximum absolute atomic E-state index is 10.6. The molecule has 1 fully saturated rings. The van der Waals surface area contributed by atoms with E-state index in [1.54, 1.807) is 0 Å². The lowest BCUT2D eigenvalue weighted by Gasteiger charge is -2.41. The number of hydrogen-bond acceptors (Lipinski definition) is 3. The van der Waals surface area contributed by atoms with Crippen molar-refractivity contribution in [2.24, 2.45) is 0 Å². The first-order valence-corrected chi connectivity index (χ1v) is 7.73. The maximum Gasteiger partial charge on any atom is 0.128 e. The molecule has 1 N–H and O–H groups in total. The molecule has 0 aromatic heterocycles. The molecule has 1 aliphatic rings. The fourth-order valence-electron chi connectivity index (χ4n) is 3.23. The summed E-state index contributed by atoms with van der Waals surface area (Å²) in [5.74, 6) is 0.437. The Kier molecular flexibility index (Phi) is 3.87. The van der Waals surface area contributed by atoms with Crippen LogP contribution in [0.15, 0.2) is 36.4 Å². The molecule has 2 unspecified atom stereocenters. The Labute approximate surface area is 126 Å². The molecule has 2 atom stereocenters. The van der Waals surface area contributed by atoms with Gasteiger partial charge < -0.3 is 10.0 Å². The van der Waals surface area contributed by atoms with Gasteiger partial charge in [0.15, 0.2) is 0 Å². The summed E-state index contributed by atoms with van der Waals surface area (Å²) in [6, 6.07) is 13.0. The van der Waals surface area contributed by atoms with Gasteiger partial charge in [-0.3, -0.25) is 4.90 Å². The van der Waals surface area contributed by atoms with Crippen molar-refractivity contribution in [2.75, 3.05) is 26.7 Å². The van der Waals surface area contributed by atoms with Crippen LogP contribution in [0.4, 0.5) is 0 Å². The molecule has 0 aliphatic carbocycles. The molecule has 112 valence electrons. The van der Waals surface area contributed by atoms with Gasteiger partial charge in [0.1, 0.15) is 5.75 Å². The highest BCUT2D eigenvalue weighted by Gasteiger charge is 2.26. The van der Waals surface area contributed by atoms with E-state index < -0.39 is 0 Å². The fourth-order valence-corrected chi connectivity index (χ4v) is 3.23. The van der Waals surface area contributed by atoms with E-state index in [1.807, 2.05) is 24.3 Å². The van der Waals surface area contributed by atoms with Gasteiger partial charge in [0.05, 0.1) is 0 Å². The topological polar surface area (TPSA) is 26.7 Å². The lowest BCUT2D eigenvalue weighted by molar-refractivity contribution is 0.0767. The number of rotatable bonds is 2. The number of phenolic OH excluding ortho intramolecular Hbond substituents is 1. The van der Waals surface area contributed by atoms with Crippen molar-refractivity contribution in [3.63, 3.8) is 0 Å². The first-order chi connectivity index (χ1) is 10.1. The van der Waals surface area contributed by atoms with Crippen molar-refractivity contribution in [1.82, 2.24) is 9.80 Å². The number of phenols is 1. The largest absolute Gasteiger partial charge is 0.507 e. The van der Waals surface area contributed by atoms with Crippen molar-refractivity contribution in [2.45, 2.75) is 25.9 Å². The smallest absolute Gasteiger partial charge is 0.128 e. The minimum Gasteiger partial charge on any atom is -0.507 e. The highest BCUT2D eigenvalue weighted by Crippen LogP contribution is 2.35. The number of piperazine rings is 1. The first kappa shape index (κ1) is 14.4. The Morgan fingerprint density at radius 3 is 2.67 bits per heavy atom. The van der Waals surface area contributed by atoms with Gasteiger partial charge in [-0.05, 0) is 26.3 Å². The third-order valence-corrected chi connectivity index (χ3v) is 4.92. The molecule has 1 saturated heterocycles. The fraction of sp³-hybridized carbons (Fsp3) is 0.444. The minimum absolute atomic E-state index is 0.241. The van der Waals surface area contributed by atoms with Crippen molar-refractivity contribution in [3.05, 3.63) is 42.0 Å². The van der Waals surface area contributed by atoms with Gasteiger partial charge in [-0.1, -0.05) is 36.4 Å². The van der Waals surface area contributed by atoms with E-state index in [0.717, 1.165) is 36.0 Å². The summed E-state index contributed by atoms with van der Waals surface area (Å²) in [5.41, 5.74) is 1.03. The summed E-state index contributed by atoms with van der Waals surface area (Å²) in [5, 5.41) is 12.7. The van der Waals surface area contributed by atoms with Crippen LogP contribution in [0.1, 0.15) is 25.5 Å². The van der Waals surface area contributed by atoms with Gasteiger partial charge in [0, 0.05) is 42.7 Å². The summed E-state index contributed by atoms with van der Waals surface area (Å²) in [6.45, 7) is 7.64. The van der Waals surface area contributed by atoms with Crippen LogP contribution in [-0.4, -0.2) is 47.6 Å². The summed E-state index contributed by atoms with van der Waals surface area (Å²) < 4.78 is 0. The van der Waals surface area contributed by atoms with Gasteiger partial charge >= 0.3 is 0 Å². The zero-order valence-corrected chi connectivity index (χ0v) is 13.1. The Hall–Kier alpha value is -1.58. The van der Waals surface area contributed by atoms with Gasteiger partial charge in [-0.2, -0.15) is 0 Å². The normalized spacial score (nSPS) is 22.5. The highest BCUT2D eigenvalue weighted by molar-refractivity contribution is 5.89. The molecule has 2 aromatic rings. The van der Waals surface area contributed by atoms with E-state index in [-0.39, 0.29) is 6.04 Å². The molecule has 0 amide bonds. The molecule has 21 heavy (non-hydrogen) atoms. The van der Waals surface area contributed by atoms with Crippen molar-refractivity contribution >= 4 is 10.8 Å². The number of fused-ring (bicyclic) bond motifs is 1. The van der Waals surface area contributed by atoms with E-state index in [1.165, 1.54) is 0 Å². The number of hydrogen-bond donors (Lipinski definition) is 1. The second kappa shape index (κ2) is 5.66. The second-order valence-corrected chi connectivity index (χ2v) is 6.23. The van der Waals surface area contributed by atoms with Gasteiger partial charge in [-0.15, -0.1) is 0 Å². The molecule has 0 radical (unpaired) electrons. The second-order valence-electron chi connectivity index (χ2n) is 6.23. The SMILES string of the molecule is CC1CN(C(C)c2ccc3ccccc3c2O)CCN1C. The number of benzene rings is 2. The Morgan fingerprint density at radius 1 is 1.14 bits per heavy atom. The summed E-state index contributed by atoms with van der Waals surface area (Å²) in [6.07, 6.45) is 0. The number of aromatic hydroxyl groups is 1. The molecule has 0 bridgehead atoms. The monoisotopic (exact) mass is 284 g/mol. The summed E-state index contributed by atoms with van der Waals surface area (Å²) >= 11 is 0. The molecule has 1 heterocycles. The summed E-state index contributed by atoms with van der Waals surface area (Å²) in [4.78, 5) is 4.86. The van der Waals surface area contributed by atoms with E-state index in [2.05, 4.69) is 42.8 Å². The first-order valence-electron chi connectivity index (χ1n) is 7.73. The van der Waals surface area contributed by atoms with E-state index in [4.69, 9.17) is 0 Å². The number of likely N-dealkylation sites (N-methyl/N-ethyl adjacent to an activating group) is 1. The van der Waals surface area contributed by atoms with Gasteiger partial charge in [-0.25, -0.2) is 0 Å². The quantitative estimate of drug-likeness (QED) is 0.917. The Morgan fingerprint density at radius 2 is 1.90 bits per heavy atom. The number of nitrogens with zero attached hydrogens (tertiary/aromatic N) is 2. The standard InChI is InChI=1S/C18H24N2O/c1-13-12-20(11-10-19(13)3)14(2)16-9-8-15-6-4-5-7-17(15)18(16)21/h4-9,13-14,21H,10-12H2,1-3H3. The molecule has 1 aliphatic heterocycles. The molecule has 0 spiro atoms. The van der Waals surface area contributed by atoms with Crippen LogP contribution in [-0.2, 0) is 0 Å². The van der Waals surface area contributed by atoms with Gasteiger partial charge in [0.2, 0.25) is 0 Å². The molecule has 3 heteroatoms. The van der Waals surface area contributed by atoms with Gasteiger partial charge in [0.25, 0.3) is 0 Å². The minimum atomic E-state index is 0.241. The highest BCUT2D eigenvalue weighted by atomic mass is 16.3. The van der Waals surface area contributed by atoms with Crippen LogP contribution < -0.4 is 0 Å². The lowest BCUT2D eigenvalue weighted by atomic mass is 9.99. The van der Waals surface area contributed by atoms with Crippen LogP contribution in [0, 0.1) is 0 Å². The Balaban J connectivity index is 1.91. The summed E-state index contributed by atoms with van der Waals surface area (Å²) in [7, 11) is 2.18. The predicted molar refractivity (Wildman–Crippen MR) is 87.7 cm³/mol. The van der Waals surface area contributed by atoms with Crippen LogP contribution in [0.25, 0.3) is 10.8 Å². The third-order valence-electron chi connectivity index (χ3n) is 4.92. The Bertz CT molecular complexity index is 640. The van der Waals surface area contributed by atoms with Crippen LogP contribution in [0.5, 0.6) is 5.75 Å². The van der Waals surface area contributed by atoms with Crippen molar-refractivity contribution < 1.29 is 5.11 Å². The zero-order chi connectivity index (χ0) is 15.0. The maximum atomic E-state index is 10.6. The predicted octanol–water partition coefficient (Wildman–Crippen LogP) is 3.24. The van der Waals surface area contributed by atoms with E-state index in [0.29, 0.717) is 11.8 Å². The average Bonchev–Trinajstić information content (AvgIpc) is 2.50. The average molecular weight is 284 g/mol. The molecular weight excluding hydrogens is 260 g/mol. The van der Waals surface area contributed by atoms with Crippen molar-refractivity contribution in [3.8, 4) is 5.75 Å².